The van der Waals surface area contributed by atoms with Crippen LogP contribution in [0.5, 0.6) is 0 Å². The van der Waals surface area contributed by atoms with E-state index in [0.29, 0.717) is 0 Å². The third-order valence-electron chi connectivity index (χ3n) is 2.81. The van der Waals surface area contributed by atoms with E-state index in [-0.39, 0.29) is 0 Å². The predicted molar refractivity (Wildman–Crippen MR) is 76.5 cm³/mol. The Morgan fingerprint density at radius 1 is 1.12 bits per heavy atom. The van der Waals surface area contributed by atoms with E-state index in [9.17, 15) is 0 Å². The summed E-state index contributed by atoms with van der Waals surface area (Å²) in [5.74, 6) is 0. The van der Waals surface area contributed by atoms with Gasteiger partial charge in [0, 0.05) is 16.3 Å². The van der Waals surface area contributed by atoms with Gasteiger partial charge in [0.2, 0.25) is 0 Å². The van der Waals surface area contributed by atoms with Crippen molar-refractivity contribution in [3.8, 4) is 10.4 Å². The standard InChI is InChI=1S/C15H19NS/c1-3-6-12-7-4-5-8-14(12)15-10-9-13(17-15)11-16-2/h4-5,7-10,16H,3,6,11H2,1-2H3. The average molecular weight is 245 g/mol. The summed E-state index contributed by atoms with van der Waals surface area (Å²) in [4.78, 5) is 2.79. The predicted octanol–water partition coefficient (Wildman–Crippen LogP) is 4.09. The van der Waals surface area contributed by atoms with E-state index in [4.69, 9.17) is 0 Å². The molecule has 17 heavy (non-hydrogen) atoms. The van der Waals surface area contributed by atoms with Crippen molar-refractivity contribution in [2.24, 2.45) is 0 Å². The Balaban J connectivity index is 2.31. The highest BCUT2D eigenvalue weighted by molar-refractivity contribution is 7.15. The van der Waals surface area contributed by atoms with Gasteiger partial charge in [-0.1, -0.05) is 37.6 Å². The summed E-state index contributed by atoms with van der Waals surface area (Å²) in [5.41, 5.74) is 2.87. The molecule has 1 aromatic heterocycles. The van der Waals surface area contributed by atoms with E-state index >= 15 is 0 Å². The summed E-state index contributed by atoms with van der Waals surface area (Å²) in [6.45, 7) is 3.19. The van der Waals surface area contributed by atoms with Crippen LogP contribution in [0.4, 0.5) is 0 Å². The van der Waals surface area contributed by atoms with Gasteiger partial charge in [-0.2, -0.15) is 0 Å². The molecule has 0 radical (unpaired) electrons. The minimum Gasteiger partial charge on any atom is -0.315 e. The summed E-state index contributed by atoms with van der Waals surface area (Å²) < 4.78 is 0. The minimum absolute atomic E-state index is 0.959. The molecule has 2 heteroatoms. The lowest BCUT2D eigenvalue weighted by molar-refractivity contribution is 0.831. The van der Waals surface area contributed by atoms with Crippen LogP contribution in [0.3, 0.4) is 0 Å². The number of aryl methyl sites for hydroxylation is 1. The summed E-state index contributed by atoms with van der Waals surface area (Å²) in [6.07, 6.45) is 2.36. The molecular formula is C15H19NS. The Morgan fingerprint density at radius 2 is 1.94 bits per heavy atom. The largest absolute Gasteiger partial charge is 0.315 e. The van der Waals surface area contributed by atoms with Crippen LogP contribution >= 0.6 is 11.3 Å². The normalized spacial score (nSPS) is 10.7. The first-order chi connectivity index (χ1) is 8.35. The zero-order chi connectivity index (χ0) is 12.1. The van der Waals surface area contributed by atoms with Gasteiger partial charge >= 0.3 is 0 Å². The molecule has 2 rings (SSSR count). The maximum atomic E-state index is 3.20. The molecule has 1 N–H and O–H groups in total. The SMILES string of the molecule is CCCc1ccccc1-c1ccc(CNC)s1. The quantitative estimate of drug-likeness (QED) is 0.836. The van der Waals surface area contributed by atoms with Crippen LogP contribution in [0, 0.1) is 0 Å². The van der Waals surface area contributed by atoms with Crippen LogP contribution in [0.25, 0.3) is 10.4 Å². The van der Waals surface area contributed by atoms with Gasteiger partial charge in [-0.05, 0) is 36.7 Å². The first-order valence-electron chi connectivity index (χ1n) is 6.16. The zero-order valence-electron chi connectivity index (χ0n) is 10.5. The van der Waals surface area contributed by atoms with Crippen LogP contribution in [-0.2, 0) is 13.0 Å². The fourth-order valence-corrected chi connectivity index (χ4v) is 3.12. The fourth-order valence-electron chi connectivity index (χ4n) is 2.04. The number of hydrogen-bond donors (Lipinski definition) is 1. The molecule has 90 valence electrons. The highest BCUT2D eigenvalue weighted by Gasteiger charge is 2.06. The zero-order valence-corrected chi connectivity index (χ0v) is 11.3. The molecule has 1 nitrogen and oxygen atoms in total. The third kappa shape index (κ3) is 2.96. The molecule has 0 aliphatic heterocycles. The lowest BCUT2D eigenvalue weighted by Gasteiger charge is -2.06. The van der Waals surface area contributed by atoms with Crippen molar-refractivity contribution in [2.45, 2.75) is 26.3 Å². The molecule has 0 spiro atoms. The van der Waals surface area contributed by atoms with E-state index in [0.717, 1.165) is 13.0 Å². The van der Waals surface area contributed by atoms with Crippen LogP contribution < -0.4 is 5.32 Å². The van der Waals surface area contributed by atoms with Crippen LogP contribution in [0.15, 0.2) is 36.4 Å². The van der Waals surface area contributed by atoms with Crippen LogP contribution in [0.2, 0.25) is 0 Å². The Labute approximate surface area is 108 Å². The molecule has 0 aliphatic rings. The molecule has 1 heterocycles. The van der Waals surface area contributed by atoms with Crippen molar-refractivity contribution < 1.29 is 0 Å². The van der Waals surface area contributed by atoms with Crippen LogP contribution in [0.1, 0.15) is 23.8 Å². The molecular weight excluding hydrogens is 226 g/mol. The number of benzene rings is 1. The molecule has 0 fully saturated rings. The van der Waals surface area contributed by atoms with Gasteiger partial charge in [0.1, 0.15) is 0 Å². The van der Waals surface area contributed by atoms with Gasteiger partial charge < -0.3 is 5.32 Å². The molecule has 2 aromatic rings. The molecule has 0 aliphatic carbocycles. The van der Waals surface area contributed by atoms with E-state index < -0.39 is 0 Å². The van der Waals surface area contributed by atoms with Gasteiger partial charge in [0.25, 0.3) is 0 Å². The summed E-state index contributed by atoms with van der Waals surface area (Å²) >= 11 is 1.89. The minimum atomic E-state index is 0.959. The lowest BCUT2D eigenvalue weighted by Crippen LogP contribution is -2.02. The molecule has 1 aromatic carbocycles. The van der Waals surface area contributed by atoms with Crippen molar-refractivity contribution in [1.82, 2.24) is 5.32 Å². The van der Waals surface area contributed by atoms with Crippen LogP contribution in [-0.4, -0.2) is 7.05 Å². The van der Waals surface area contributed by atoms with Crippen molar-refractivity contribution in [1.29, 1.82) is 0 Å². The van der Waals surface area contributed by atoms with Gasteiger partial charge in [0.05, 0.1) is 0 Å². The van der Waals surface area contributed by atoms with Crippen molar-refractivity contribution in [3.05, 3.63) is 46.8 Å². The number of hydrogen-bond acceptors (Lipinski definition) is 2. The van der Waals surface area contributed by atoms with Gasteiger partial charge in [0.15, 0.2) is 0 Å². The number of nitrogens with one attached hydrogen (secondary N) is 1. The monoisotopic (exact) mass is 245 g/mol. The Kier molecular flexibility index (Phi) is 4.35. The molecule has 0 bridgehead atoms. The van der Waals surface area contributed by atoms with Gasteiger partial charge in [-0.3, -0.25) is 0 Å². The summed E-state index contributed by atoms with van der Waals surface area (Å²) in [5, 5.41) is 3.20. The Morgan fingerprint density at radius 3 is 2.71 bits per heavy atom. The highest BCUT2D eigenvalue weighted by atomic mass is 32.1. The highest BCUT2D eigenvalue weighted by Crippen LogP contribution is 2.31. The lowest BCUT2D eigenvalue weighted by atomic mass is 10.0. The third-order valence-corrected chi connectivity index (χ3v) is 3.93. The second-order valence-corrected chi connectivity index (χ2v) is 5.37. The first-order valence-corrected chi connectivity index (χ1v) is 6.98. The van der Waals surface area contributed by atoms with Crippen molar-refractivity contribution in [3.63, 3.8) is 0 Å². The summed E-state index contributed by atoms with van der Waals surface area (Å²) in [6, 6.07) is 13.2. The second kappa shape index (κ2) is 5.99. The number of thiophene rings is 1. The topological polar surface area (TPSA) is 12.0 Å². The van der Waals surface area contributed by atoms with Gasteiger partial charge in [-0.15, -0.1) is 11.3 Å². The van der Waals surface area contributed by atoms with Crippen molar-refractivity contribution in [2.75, 3.05) is 7.05 Å². The maximum Gasteiger partial charge on any atom is 0.0348 e. The van der Waals surface area contributed by atoms with E-state index in [2.05, 4.69) is 48.6 Å². The molecule has 0 amide bonds. The molecule has 0 saturated heterocycles. The molecule has 0 saturated carbocycles. The smallest absolute Gasteiger partial charge is 0.0348 e. The van der Waals surface area contributed by atoms with E-state index in [1.54, 1.807) is 0 Å². The first kappa shape index (κ1) is 12.3. The fraction of sp³-hybridized carbons (Fsp3) is 0.333. The summed E-state index contributed by atoms with van der Waals surface area (Å²) in [7, 11) is 1.99. The maximum absolute atomic E-state index is 3.20. The Bertz CT molecular complexity index is 473. The van der Waals surface area contributed by atoms with Crippen molar-refractivity contribution >= 4 is 11.3 Å². The molecule has 0 atom stereocenters. The van der Waals surface area contributed by atoms with Gasteiger partial charge in [-0.25, -0.2) is 0 Å². The number of rotatable bonds is 5. The second-order valence-electron chi connectivity index (χ2n) is 4.20. The average Bonchev–Trinajstić information content (AvgIpc) is 2.79. The van der Waals surface area contributed by atoms with E-state index in [1.165, 1.54) is 27.3 Å². The van der Waals surface area contributed by atoms with E-state index in [1.807, 2.05) is 18.4 Å². The molecule has 0 unspecified atom stereocenters. The Hall–Kier alpha value is -1.12.